The summed E-state index contributed by atoms with van der Waals surface area (Å²) in [6, 6.07) is 8.16. The number of carbonyl (C=O) groups is 1. The van der Waals surface area contributed by atoms with Crippen LogP contribution < -0.4 is 20.1 Å². The summed E-state index contributed by atoms with van der Waals surface area (Å²) in [6.45, 7) is 2.81. The lowest BCUT2D eigenvalue weighted by Crippen LogP contribution is -2.71. The molecule has 1 spiro atoms. The lowest BCUT2D eigenvalue weighted by Gasteiger charge is -2.45. The summed E-state index contributed by atoms with van der Waals surface area (Å²) in [7, 11) is 2.11. The Morgan fingerprint density at radius 2 is 1.94 bits per heavy atom. The molecule has 0 bridgehead atoms. The van der Waals surface area contributed by atoms with Crippen molar-refractivity contribution in [3.8, 4) is 34.0 Å². The molecule has 7 heteroatoms. The molecule has 3 aromatic rings. The van der Waals surface area contributed by atoms with E-state index in [4.69, 9.17) is 14.5 Å². The first kappa shape index (κ1) is 18.3. The van der Waals surface area contributed by atoms with Crippen LogP contribution in [0.5, 0.6) is 11.5 Å². The van der Waals surface area contributed by atoms with Gasteiger partial charge in [0.2, 0.25) is 0 Å². The van der Waals surface area contributed by atoms with Crippen LogP contribution >= 0.6 is 0 Å². The molecule has 3 aliphatic heterocycles. The highest BCUT2D eigenvalue weighted by molar-refractivity contribution is 6.01. The van der Waals surface area contributed by atoms with Gasteiger partial charge >= 0.3 is 0 Å². The van der Waals surface area contributed by atoms with E-state index in [1.807, 2.05) is 24.4 Å². The van der Waals surface area contributed by atoms with Gasteiger partial charge in [0.05, 0.1) is 22.5 Å². The smallest absolute Gasteiger partial charge is 0.253 e. The number of rotatable bonds is 1. The highest BCUT2D eigenvalue weighted by Crippen LogP contribution is 2.42. The van der Waals surface area contributed by atoms with Crippen molar-refractivity contribution >= 4 is 5.91 Å². The summed E-state index contributed by atoms with van der Waals surface area (Å²) < 4.78 is 13.7. The van der Waals surface area contributed by atoms with Crippen molar-refractivity contribution in [3.05, 3.63) is 52.8 Å². The van der Waals surface area contributed by atoms with E-state index in [0.29, 0.717) is 13.2 Å². The standard InChI is InChI=1S/C25H24N4O3/c1-29-19-10-25(12-26-13-25)28-24(30)22(19)16-4-2-15-11-27-18(9-17(15)23(16)29)14-3-5-20-21(8-14)32-7-6-31-20/h3,5,8-9,11,26H,2,4,6-7,10,12-13H2,1H3,(H,28,30). The zero-order chi connectivity index (χ0) is 21.4. The third-order valence-electron chi connectivity index (χ3n) is 7.38. The fraction of sp³-hybridized carbons (Fsp3) is 0.360. The van der Waals surface area contributed by atoms with Crippen molar-refractivity contribution in [3.63, 3.8) is 0 Å². The number of nitrogens with one attached hydrogen (secondary N) is 2. The molecule has 2 aromatic heterocycles. The predicted octanol–water partition coefficient (Wildman–Crippen LogP) is 2.25. The van der Waals surface area contributed by atoms with Crippen LogP contribution in [0.15, 0.2) is 30.5 Å². The van der Waals surface area contributed by atoms with E-state index >= 15 is 0 Å². The Morgan fingerprint density at radius 3 is 2.75 bits per heavy atom. The fourth-order valence-electron chi connectivity index (χ4n) is 5.69. The summed E-state index contributed by atoms with van der Waals surface area (Å²) in [6.07, 6.45) is 4.64. The molecule has 1 aromatic carbocycles. The maximum Gasteiger partial charge on any atom is 0.253 e. The molecule has 162 valence electrons. The lowest BCUT2D eigenvalue weighted by atomic mass is 9.81. The van der Waals surface area contributed by atoms with Gasteiger partial charge in [-0.3, -0.25) is 9.78 Å². The van der Waals surface area contributed by atoms with Crippen LogP contribution in [0.2, 0.25) is 0 Å². The van der Waals surface area contributed by atoms with Crippen molar-refractivity contribution in [2.24, 2.45) is 7.05 Å². The summed E-state index contributed by atoms with van der Waals surface area (Å²) >= 11 is 0. The van der Waals surface area contributed by atoms with Crippen molar-refractivity contribution in [1.29, 1.82) is 0 Å². The monoisotopic (exact) mass is 428 g/mol. The number of hydrogen-bond donors (Lipinski definition) is 2. The van der Waals surface area contributed by atoms with E-state index in [2.05, 4.69) is 28.3 Å². The van der Waals surface area contributed by atoms with Gasteiger partial charge in [0.1, 0.15) is 13.2 Å². The summed E-state index contributed by atoms with van der Waals surface area (Å²) in [5, 5.41) is 6.60. The lowest BCUT2D eigenvalue weighted by molar-refractivity contribution is 0.0824. The Bertz CT molecular complexity index is 1310. The largest absolute Gasteiger partial charge is 0.486 e. The summed E-state index contributed by atoms with van der Waals surface area (Å²) in [5.74, 6) is 1.62. The Hall–Kier alpha value is -3.32. The number of pyridine rings is 1. The number of aromatic nitrogens is 2. The number of benzene rings is 1. The minimum absolute atomic E-state index is 0.0779. The molecule has 1 saturated heterocycles. The quantitative estimate of drug-likeness (QED) is 0.622. The molecular weight excluding hydrogens is 404 g/mol. The van der Waals surface area contributed by atoms with E-state index in [9.17, 15) is 4.79 Å². The third-order valence-corrected chi connectivity index (χ3v) is 7.38. The Labute approximate surface area is 185 Å². The first-order valence-electron chi connectivity index (χ1n) is 11.2. The number of aryl methyl sites for hydroxylation is 1. The molecule has 32 heavy (non-hydrogen) atoms. The van der Waals surface area contributed by atoms with Gasteiger partial charge in [-0.25, -0.2) is 0 Å². The average Bonchev–Trinajstić information content (AvgIpc) is 3.10. The summed E-state index contributed by atoms with van der Waals surface area (Å²) in [5.41, 5.74) is 8.57. The normalized spacial score (nSPS) is 19.5. The molecule has 7 rings (SSSR count). The molecular formula is C25H24N4O3. The van der Waals surface area contributed by atoms with Crippen LogP contribution in [0.25, 0.3) is 22.5 Å². The van der Waals surface area contributed by atoms with Gasteiger partial charge < -0.3 is 24.7 Å². The van der Waals surface area contributed by atoms with Crippen molar-refractivity contribution in [2.45, 2.75) is 24.8 Å². The molecule has 0 saturated carbocycles. The molecule has 2 N–H and O–H groups in total. The van der Waals surface area contributed by atoms with E-state index in [-0.39, 0.29) is 11.4 Å². The van der Waals surface area contributed by atoms with Crippen molar-refractivity contribution < 1.29 is 14.3 Å². The highest BCUT2D eigenvalue weighted by atomic mass is 16.6. The first-order chi connectivity index (χ1) is 15.6. The van der Waals surface area contributed by atoms with Gasteiger partial charge in [-0.1, -0.05) is 0 Å². The number of nitrogens with zero attached hydrogens (tertiary/aromatic N) is 2. The van der Waals surface area contributed by atoms with Gasteiger partial charge in [-0.05, 0) is 48.2 Å². The third kappa shape index (κ3) is 2.45. The number of amides is 1. The zero-order valence-corrected chi connectivity index (χ0v) is 18.0. The number of hydrogen-bond acceptors (Lipinski definition) is 5. The second-order valence-corrected chi connectivity index (χ2v) is 9.31. The average molecular weight is 428 g/mol. The molecule has 7 nitrogen and oxygen atoms in total. The molecule has 1 amide bonds. The second-order valence-electron chi connectivity index (χ2n) is 9.31. The Morgan fingerprint density at radius 1 is 1.09 bits per heavy atom. The van der Waals surface area contributed by atoms with Gasteiger partial charge in [-0.2, -0.15) is 0 Å². The first-order valence-corrected chi connectivity index (χ1v) is 11.2. The molecule has 0 unspecified atom stereocenters. The zero-order valence-electron chi connectivity index (χ0n) is 18.0. The molecule has 5 heterocycles. The molecule has 0 atom stereocenters. The Balaban J connectivity index is 1.36. The highest BCUT2D eigenvalue weighted by Gasteiger charge is 2.46. The van der Waals surface area contributed by atoms with Gasteiger partial charge in [0.15, 0.2) is 11.5 Å². The number of carbonyl (C=O) groups excluding carboxylic acids is 1. The van der Waals surface area contributed by atoms with Gasteiger partial charge in [-0.15, -0.1) is 0 Å². The number of ether oxygens (including phenoxy) is 2. The van der Waals surface area contributed by atoms with E-state index in [0.717, 1.165) is 72.1 Å². The number of fused-ring (bicyclic) bond motifs is 6. The predicted molar refractivity (Wildman–Crippen MR) is 119 cm³/mol. The van der Waals surface area contributed by atoms with E-state index in [1.54, 1.807) is 0 Å². The van der Waals surface area contributed by atoms with Crippen LogP contribution in [-0.4, -0.2) is 47.3 Å². The van der Waals surface area contributed by atoms with Gasteiger partial charge in [0.25, 0.3) is 5.91 Å². The SMILES string of the molecule is Cn1c2c(c3c1-c1cc(-c4ccc5c(c4)OCCO5)ncc1CC3)C(=O)NC1(CNC1)C2. The van der Waals surface area contributed by atoms with Crippen LogP contribution in [0.1, 0.15) is 27.2 Å². The van der Waals surface area contributed by atoms with E-state index in [1.165, 1.54) is 16.7 Å². The minimum Gasteiger partial charge on any atom is -0.486 e. The molecule has 4 aliphatic rings. The van der Waals surface area contributed by atoms with Crippen LogP contribution in [-0.2, 0) is 26.3 Å². The maximum atomic E-state index is 13.1. The topological polar surface area (TPSA) is 77.4 Å². The Kier molecular flexibility index (Phi) is 3.63. The van der Waals surface area contributed by atoms with Crippen LogP contribution in [0.3, 0.4) is 0 Å². The van der Waals surface area contributed by atoms with Gasteiger partial charge in [0, 0.05) is 49.6 Å². The van der Waals surface area contributed by atoms with E-state index < -0.39 is 0 Å². The molecule has 1 aliphatic carbocycles. The molecule has 0 radical (unpaired) electrons. The minimum atomic E-state index is -0.129. The molecule has 1 fully saturated rings. The second kappa shape index (κ2) is 6.36. The van der Waals surface area contributed by atoms with Crippen molar-refractivity contribution in [1.82, 2.24) is 20.2 Å². The maximum absolute atomic E-state index is 13.1. The fourth-order valence-corrected chi connectivity index (χ4v) is 5.69. The van der Waals surface area contributed by atoms with Crippen molar-refractivity contribution in [2.75, 3.05) is 26.3 Å². The summed E-state index contributed by atoms with van der Waals surface area (Å²) in [4.78, 5) is 17.9. The van der Waals surface area contributed by atoms with Crippen LogP contribution in [0, 0.1) is 0 Å². The van der Waals surface area contributed by atoms with Crippen LogP contribution in [0.4, 0.5) is 0 Å².